The van der Waals surface area contributed by atoms with Gasteiger partial charge in [0.1, 0.15) is 0 Å². The summed E-state index contributed by atoms with van der Waals surface area (Å²) in [4.78, 5) is 3.27. The fourth-order valence-corrected chi connectivity index (χ4v) is 1.68. The summed E-state index contributed by atoms with van der Waals surface area (Å²) in [5.41, 5.74) is 6.60. The van der Waals surface area contributed by atoms with Crippen molar-refractivity contribution in [2.24, 2.45) is 0 Å². The minimum Gasteiger partial charge on any atom is -0.361 e. The SMILES string of the molecule is C[C@H]([NH3+])Cc1c[nH]c2ccccc12. The monoisotopic (exact) mass is 175 g/mol. The van der Waals surface area contributed by atoms with Gasteiger partial charge in [-0.3, -0.25) is 0 Å². The van der Waals surface area contributed by atoms with Crippen LogP contribution in [0.5, 0.6) is 0 Å². The Morgan fingerprint density at radius 1 is 1.38 bits per heavy atom. The Kier molecular flexibility index (Phi) is 2.07. The molecule has 0 saturated heterocycles. The van der Waals surface area contributed by atoms with Gasteiger partial charge in [0.15, 0.2) is 0 Å². The molecule has 68 valence electrons. The molecule has 2 heteroatoms. The van der Waals surface area contributed by atoms with Gasteiger partial charge < -0.3 is 10.7 Å². The molecule has 0 aliphatic carbocycles. The Balaban J connectivity index is 2.46. The second kappa shape index (κ2) is 3.23. The fraction of sp³-hybridized carbons (Fsp3) is 0.273. The number of fused-ring (bicyclic) bond motifs is 1. The quantitative estimate of drug-likeness (QED) is 0.692. The predicted octanol–water partition coefficient (Wildman–Crippen LogP) is 1.34. The van der Waals surface area contributed by atoms with Crippen LogP contribution in [0.25, 0.3) is 10.9 Å². The minimum atomic E-state index is 0.471. The first kappa shape index (κ1) is 8.32. The van der Waals surface area contributed by atoms with Gasteiger partial charge in [-0.2, -0.15) is 0 Å². The van der Waals surface area contributed by atoms with Crippen LogP contribution in [0.3, 0.4) is 0 Å². The fourth-order valence-electron chi connectivity index (χ4n) is 1.68. The number of hydrogen-bond donors (Lipinski definition) is 2. The average Bonchev–Trinajstić information content (AvgIpc) is 2.48. The first-order chi connectivity index (χ1) is 6.27. The smallest absolute Gasteiger partial charge is 0.0856 e. The molecule has 0 amide bonds. The molecular weight excluding hydrogens is 160 g/mol. The van der Waals surface area contributed by atoms with Crippen LogP contribution in [0.1, 0.15) is 12.5 Å². The number of aromatic amines is 1. The van der Waals surface area contributed by atoms with Crippen LogP contribution in [0.4, 0.5) is 0 Å². The molecule has 0 aliphatic heterocycles. The summed E-state index contributed by atoms with van der Waals surface area (Å²) < 4.78 is 0. The van der Waals surface area contributed by atoms with E-state index in [0.717, 1.165) is 6.42 Å². The van der Waals surface area contributed by atoms with Crippen molar-refractivity contribution < 1.29 is 5.73 Å². The Hall–Kier alpha value is -1.28. The molecule has 0 fully saturated rings. The lowest BCUT2D eigenvalue weighted by atomic mass is 10.1. The summed E-state index contributed by atoms with van der Waals surface area (Å²) in [5.74, 6) is 0. The summed E-state index contributed by atoms with van der Waals surface area (Å²) in [7, 11) is 0. The van der Waals surface area contributed by atoms with Gasteiger partial charge in [0.05, 0.1) is 6.04 Å². The van der Waals surface area contributed by atoms with Crippen molar-refractivity contribution in [3.8, 4) is 0 Å². The van der Waals surface area contributed by atoms with E-state index >= 15 is 0 Å². The van der Waals surface area contributed by atoms with E-state index in [-0.39, 0.29) is 0 Å². The van der Waals surface area contributed by atoms with Crippen molar-refractivity contribution in [2.75, 3.05) is 0 Å². The average molecular weight is 175 g/mol. The molecular formula is C11H15N2+. The molecule has 2 aromatic rings. The Bertz CT molecular complexity index is 401. The zero-order valence-electron chi connectivity index (χ0n) is 7.88. The molecule has 0 saturated carbocycles. The second-order valence-electron chi connectivity index (χ2n) is 3.67. The van der Waals surface area contributed by atoms with Crippen molar-refractivity contribution in [3.63, 3.8) is 0 Å². The van der Waals surface area contributed by atoms with Crippen LogP contribution < -0.4 is 5.73 Å². The van der Waals surface area contributed by atoms with Gasteiger partial charge in [-0.1, -0.05) is 18.2 Å². The Morgan fingerprint density at radius 2 is 2.15 bits per heavy atom. The molecule has 0 bridgehead atoms. The van der Waals surface area contributed by atoms with Crippen molar-refractivity contribution in [3.05, 3.63) is 36.0 Å². The van der Waals surface area contributed by atoms with Crippen LogP contribution in [-0.4, -0.2) is 11.0 Å². The van der Waals surface area contributed by atoms with Gasteiger partial charge in [0.25, 0.3) is 0 Å². The highest BCUT2D eigenvalue weighted by Gasteiger charge is 2.05. The third-order valence-electron chi connectivity index (χ3n) is 2.24. The lowest BCUT2D eigenvalue weighted by Crippen LogP contribution is -2.60. The molecule has 1 aromatic heterocycles. The van der Waals surface area contributed by atoms with E-state index in [4.69, 9.17) is 0 Å². The number of nitrogens with one attached hydrogen (secondary N) is 1. The first-order valence-corrected chi connectivity index (χ1v) is 4.65. The molecule has 0 unspecified atom stereocenters. The van der Waals surface area contributed by atoms with Crippen molar-refractivity contribution in [1.29, 1.82) is 0 Å². The second-order valence-corrected chi connectivity index (χ2v) is 3.67. The van der Waals surface area contributed by atoms with E-state index in [9.17, 15) is 0 Å². The van der Waals surface area contributed by atoms with Gasteiger partial charge in [-0.25, -0.2) is 0 Å². The summed E-state index contributed by atoms with van der Waals surface area (Å²) >= 11 is 0. The number of H-pyrrole nitrogens is 1. The van der Waals surface area contributed by atoms with E-state index in [0.29, 0.717) is 6.04 Å². The summed E-state index contributed by atoms with van der Waals surface area (Å²) in [6.45, 7) is 2.14. The normalized spacial score (nSPS) is 13.4. The zero-order valence-corrected chi connectivity index (χ0v) is 7.88. The number of benzene rings is 1. The standard InChI is InChI=1S/C11H14N2/c1-8(12)6-9-7-13-11-5-3-2-4-10(9)11/h2-5,7-8,13H,6,12H2,1H3/p+1/t8-/m0/s1. The molecule has 1 heterocycles. The van der Waals surface area contributed by atoms with Crippen molar-refractivity contribution >= 4 is 10.9 Å². The maximum absolute atomic E-state index is 4.01. The van der Waals surface area contributed by atoms with E-state index in [1.165, 1.54) is 16.5 Å². The molecule has 2 rings (SSSR count). The third kappa shape index (κ3) is 1.58. The maximum atomic E-state index is 4.01. The minimum absolute atomic E-state index is 0.471. The van der Waals surface area contributed by atoms with Crippen LogP contribution in [0.15, 0.2) is 30.5 Å². The van der Waals surface area contributed by atoms with Crippen molar-refractivity contribution in [1.82, 2.24) is 4.98 Å². The molecule has 0 aliphatic rings. The zero-order chi connectivity index (χ0) is 9.26. The largest absolute Gasteiger partial charge is 0.361 e. The Morgan fingerprint density at radius 3 is 2.92 bits per heavy atom. The molecule has 1 aromatic carbocycles. The number of rotatable bonds is 2. The third-order valence-corrected chi connectivity index (χ3v) is 2.24. The predicted molar refractivity (Wildman–Crippen MR) is 54.4 cm³/mol. The number of quaternary nitrogens is 1. The van der Waals surface area contributed by atoms with Gasteiger partial charge >= 0.3 is 0 Å². The van der Waals surface area contributed by atoms with Gasteiger partial charge in [0, 0.05) is 23.5 Å². The molecule has 1 atom stereocenters. The molecule has 2 nitrogen and oxygen atoms in total. The summed E-state index contributed by atoms with van der Waals surface area (Å²) in [6.07, 6.45) is 3.14. The van der Waals surface area contributed by atoms with Gasteiger partial charge in [-0.05, 0) is 18.6 Å². The van der Waals surface area contributed by atoms with Crippen LogP contribution in [-0.2, 0) is 6.42 Å². The highest BCUT2D eigenvalue weighted by Crippen LogP contribution is 2.18. The van der Waals surface area contributed by atoms with E-state index < -0.39 is 0 Å². The van der Waals surface area contributed by atoms with E-state index in [1.807, 2.05) is 0 Å². The summed E-state index contributed by atoms with van der Waals surface area (Å²) in [6, 6.07) is 8.86. The molecule has 13 heavy (non-hydrogen) atoms. The van der Waals surface area contributed by atoms with Gasteiger partial charge in [0.2, 0.25) is 0 Å². The Labute approximate surface area is 77.8 Å². The van der Waals surface area contributed by atoms with Crippen LogP contribution >= 0.6 is 0 Å². The lowest BCUT2D eigenvalue weighted by molar-refractivity contribution is -0.413. The highest BCUT2D eigenvalue weighted by molar-refractivity contribution is 5.83. The summed E-state index contributed by atoms with van der Waals surface area (Å²) in [5, 5.41) is 1.33. The molecule has 4 N–H and O–H groups in total. The van der Waals surface area contributed by atoms with E-state index in [2.05, 4.69) is 48.1 Å². The van der Waals surface area contributed by atoms with Crippen LogP contribution in [0, 0.1) is 0 Å². The van der Waals surface area contributed by atoms with Crippen LogP contribution in [0.2, 0.25) is 0 Å². The molecule has 0 spiro atoms. The number of hydrogen-bond acceptors (Lipinski definition) is 0. The topological polar surface area (TPSA) is 43.4 Å². The van der Waals surface area contributed by atoms with Gasteiger partial charge in [-0.15, -0.1) is 0 Å². The van der Waals surface area contributed by atoms with Crippen molar-refractivity contribution in [2.45, 2.75) is 19.4 Å². The lowest BCUT2D eigenvalue weighted by Gasteiger charge is -1.99. The van der Waals surface area contributed by atoms with E-state index in [1.54, 1.807) is 0 Å². The maximum Gasteiger partial charge on any atom is 0.0856 e. The molecule has 0 radical (unpaired) electrons. The number of aromatic nitrogens is 1. The first-order valence-electron chi connectivity index (χ1n) is 4.65. The number of para-hydroxylation sites is 1. The highest BCUT2D eigenvalue weighted by atomic mass is 14.7.